The van der Waals surface area contributed by atoms with Gasteiger partial charge in [0.25, 0.3) is 0 Å². The Balaban J connectivity index is 1.98. The van der Waals surface area contributed by atoms with Crippen LogP contribution in [0.15, 0.2) is 23.1 Å². The predicted octanol–water partition coefficient (Wildman–Crippen LogP) is 0.836. The Hall–Kier alpha value is -1.02. The zero-order chi connectivity index (χ0) is 14.3. The van der Waals surface area contributed by atoms with Crippen LogP contribution in [0, 0.1) is 5.82 Å². The summed E-state index contributed by atoms with van der Waals surface area (Å²) >= 11 is 0. The summed E-state index contributed by atoms with van der Waals surface area (Å²) in [7, 11) is -3.72. The first-order chi connectivity index (χ1) is 9.52. The third-order valence-electron chi connectivity index (χ3n) is 3.91. The third kappa shape index (κ3) is 2.24. The molecule has 20 heavy (non-hydrogen) atoms. The Kier molecular flexibility index (Phi) is 3.53. The van der Waals surface area contributed by atoms with Gasteiger partial charge in [-0.1, -0.05) is 6.07 Å². The second-order valence-electron chi connectivity index (χ2n) is 5.20. The van der Waals surface area contributed by atoms with Crippen molar-refractivity contribution in [1.82, 2.24) is 4.31 Å². The van der Waals surface area contributed by atoms with Crippen molar-refractivity contribution in [2.45, 2.75) is 36.5 Å². The van der Waals surface area contributed by atoms with Crippen molar-refractivity contribution in [3.05, 3.63) is 29.6 Å². The fraction of sp³-hybridized carbons (Fsp3) is 0.538. The first-order valence-corrected chi connectivity index (χ1v) is 8.09. The van der Waals surface area contributed by atoms with Crippen LogP contribution >= 0.6 is 0 Å². The van der Waals surface area contributed by atoms with E-state index in [-0.39, 0.29) is 29.2 Å². The molecule has 2 aliphatic rings. The Morgan fingerprint density at radius 2 is 1.95 bits per heavy atom. The van der Waals surface area contributed by atoms with E-state index in [1.165, 1.54) is 22.5 Å². The van der Waals surface area contributed by atoms with Crippen LogP contribution in [0.2, 0.25) is 0 Å². The van der Waals surface area contributed by atoms with E-state index >= 15 is 0 Å². The standard InChI is InChI=1S/C13H17FN2O3S/c14-12-2-1-3-13(11(12)6-15)20(17,18)16-7-9-4-5-10(8-16)19-9/h1-3,9-10H,4-8,15H2. The highest BCUT2D eigenvalue weighted by molar-refractivity contribution is 7.89. The van der Waals surface area contributed by atoms with Gasteiger partial charge in [-0.2, -0.15) is 4.31 Å². The third-order valence-corrected chi connectivity index (χ3v) is 5.82. The van der Waals surface area contributed by atoms with E-state index in [1.54, 1.807) is 0 Å². The lowest BCUT2D eigenvalue weighted by Crippen LogP contribution is -2.46. The second-order valence-corrected chi connectivity index (χ2v) is 7.11. The van der Waals surface area contributed by atoms with Crippen molar-refractivity contribution in [3.63, 3.8) is 0 Å². The molecular weight excluding hydrogens is 283 g/mol. The molecule has 2 heterocycles. The van der Waals surface area contributed by atoms with E-state index in [9.17, 15) is 12.8 Å². The highest BCUT2D eigenvalue weighted by atomic mass is 32.2. The number of fused-ring (bicyclic) bond motifs is 2. The molecule has 0 radical (unpaired) electrons. The molecule has 0 aliphatic carbocycles. The van der Waals surface area contributed by atoms with Gasteiger partial charge in [0.2, 0.25) is 10.0 Å². The number of ether oxygens (including phenoxy) is 1. The van der Waals surface area contributed by atoms with E-state index in [1.807, 2.05) is 0 Å². The summed E-state index contributed by atoms with van der Waals surface area (Å²) < 4.78 is 46.1. The minimum atomic E-state index is -3.72. The summed E-state index contributed by atoms with van der Waals surface area (Å²) in [6, 6.07) is 4.04. The average Bonchev–Trinajstić information content (AvgIpc) is 2.77. The molecule has 5 nitrogen and oxygen atoms in total. The van der Waals surface area contributed by atoms with Gasteiger partial charge in [0, 0.05) is 25.2 Å². The number of benzene rings is 1. The molecule has 3 rings (SSSR count). The maximum absolute atomic E-state index is 13.7. The van der Waals surface area contributed by atoms with Crippen molar-refractivity contribution in [2.75, 3.05) is 13.1 Å². The van der Waals surface area contributed by atoms with Gasteiger partial charge in [0.15, 0.2) is 0 Å². The number of nitrogens with zero attached hydrogens (tertiary/aromatic N) is 1. The smallest absolute Gasteiger partial charge is 0.243 e. The number of hydrogen-bond donors (Lipinski definition) is 1. The summed E-state index contributed by atoms with van der Waals surface area (Å²) in [5, 5.41) is 0. The highest BCUT2D eigenvalue weighted by Gasteiger charge is 2.40. The van der Waals surface area contributed by atoms with E-state index < -0.39 is 15.8 Å². The van der Waals surface area contributed by atoms with Gasteiger partial charge < -0.3 is 10.5 Å². The minimum absolute atomic E-state index is 0.0266. The van der Waals surface area contributed by atoms with Gasteiger partial charge in [-0.3, -0.25) is 0 Å². The molecule has 2 N–H and O–H groups in total. The Bertz CT molecular complexity index is 608. The van der Waals surface area contributed by atoms with Crippen molar-refractivity contribution >= 4 is 10.0 Å². The Morgan fingerprint density at radius 1 is 1.30 bits per heavy atom. The van der Waals surface area contributed by atoms with Crippen LogP contribution in [-0.4, -0.2) is 38.0 Å². The van der Waals surface area contributed by atoms with E-state index in [0.717, 1.165) is 12.8 Å². The SMILES string of the molecule is NCc1c(F)cccc1S(=O)(=O)N1CC2CCC(C1)O2. The molecule has 2 saturated heterocycles. The summed E-state index contributed by atoms with van der Waals surface area (Å²) in [5.41, 5.74) is 5.54. The molecule has 1 aromatic carbocycles. The van der Waals surface area contributed by atoms with Crippen LogP contribution in [0.25, 0.3) is 0 Å². The largest absolute Gasteiger partial charge is 0.372 e. The van der Waals surface area contributed by atoms with Crippen LogP contribution in [0.3, 0.4) is 0 Å². The van der Waals surface area contributed by atoms with Gasteiger partial charge in [-0.25, -0.2) is 12.8 Å². The number of sulfonamides is 1. The summed E-state index contributed by atoms with van der Waals surface area (Å²) in [4.78, 5) is -0.0266. The van der Waals surface area contributed by atoms with Gasteiger partial charge in [0.1, 0.15) is 5.82 Å². The normalized spacial score (nSPS) is 26.9. The number of halogens is 1. The number of rotatable bonds is 3. The number of nitrogens with two attached hydrogens (primary N) is 1. The fourth-order valence-corrected chi connectivity index (χ4v) is 4.64. The molecule has 0 saturated carbocycles. The lowest BCUT2D eigenvalue weighted by molar-refractivity contribution is -0.0114. The Labute approximate surface area is 117 Å². The summed E-state index contributed by atoms with van der Waals surface area (Å²) in [5.74, 6) is -0.579. The van der Waals surface area contributed by atoms with Gasteiger partial charge >= 0.3 is 0 Å². The van der Waals surface area contributed by atoms with Crippen molar-refractivity contribution in [3.8, 4) is 0 Å². The monoisotopic (exact) mass is 300 g/mol. The zero-order valence-corrected chi connectivity index (χ0v) is 11.8. The van der Waals surface area contributed by atoms with Crippen LogP contribution < -0.4 is 5.73 Å². The van der Waals surface area contributed by atoms with Crippen LogP contribution in [0.4, 0.5) is 4.39 Å². The predicted molar refractivity (Wildman–Crippen MR) is 70.9 cm³/mol. The van der Waals surface area contributed by atoms with Crippen molar-refractivity contribution in [1.29, 1.82) is 0 Å². The molecule has 2 atom stereocenters. The molecule has 0 aromatic heterocycles. The number of hydrogen-bond acceptors (Lipinski definition) is 4. The van der Waals surface area contributed by atoms with Gasteiger partial charge in [-0.15, -0.1) is 0 Å². The van der Waals surface area contributed by atoms with E-state index in [0.29, 0.717) is 13.1 Å². The minimum Gasteiger partial charge on any atom is -0.372 e. The average molecular weight is 300 g/mol. The lowest BCUT2D eigenvalue weighted by Gasteiger charge is -2.31. The summed E-state index contributed by atoms with van der Waals surface area (Å²) in [6.45, 7) is 0.525. The topological polar surface area (TPSA) is 72.6 Å². The van der Waals surface area contributed by atoms with Crippen molar-refractivity contribution < 1.29 is 17.5 Å². The molecule has 2 bridgehead atoms. The maximum atomic E-state index is 13.7. The van der Waals surface area contributed by atoms with Crippen molar-refractivity contribution in [2.24, 2.45) is 5.73 Å². The first kappa shape index (κ1) is 13.9. The zero-order valence-electron chi connectivity index (χ0n) is 11.0. The Morgan fingerprint density at radius 3 is 2.55 bits per heavy atom. The molecular formula is C13H17FN2O3S. The number of morpholine rings is 1. The molecule has 2 aliphatic heterocycles. The molecule has 7 heteroatoms. The molecule has 1 aromatic rings. The summed E-state index contributed by atoms with van der Waals surface area (Å²) in [6.07, 6.45) is 1.67. The molecule has 2 unspecified atom stereocenters. The highest BCUT2D eigenvalue weighted by Crippen LogP contribution is 2.31. The van der Waals surface area contributed by atoms with Crippen LogP contribution in [-0.2, 0) is 21.3 Å². The first-order valence-electron chi connectivity index (χ1n) is 6.65. The molecule has 110 valence electrons. The van der Waals surface area contributed by atoms with Crippen LogP contribution in [0.5, 0.6) is 0 Å². The fourth-order valence-electron chi connectivity index (χ4n) is 2.89. The van der Waals surface area contributed by atoms with Gasteiger partial charge in [0.05, 0.1) is 17.1 Å². The maximum Gasteiger partial charge on any atom is 0.243 e. The quantitative estimate of drug-likeness (QED) is 0.897. The molecule has 0 amide bonds. The van der Waals surface area contributed by atoms with E-state index in [4.69, 9.17) is 10.5 Å². The van der Waals surface area contributed by atoms with Crippen LogP contribution in [0.1, 0.15) is 18.4 Å². The molecule has 0 spiro atoms. The lowest BCUT2D eigenvalue weighted by atomic mass is 10.2. The van der Waals surface area contributed by atoms with Gasteiger partial charge in [-0.05, 0) is 25.0 Å². The van der Waals surface area contributed by atoms with E-state index in [2.05, 4.69) is 0 Å². The molecule has 2 fully saturated rings. The second kappa shape index (κ2) is 5.07.